The fraction of sp³-hybridized carbons (Fsp3) is 0.900. The first-order valence-electron chi connectivity index (χ1n) is 5.77. The van der Waals surface area contributed by atoms with Crippen LogP contribution in [0.5, 0.6) is 0 Å². The van der Waals surface area contributed by atoms with Gasteiger partial charge in [-0.25, -0.2) is 13.2 Å². The van der Waals surface area contributed by atoms with Gasteiger partial charge in [-0.05, 0) is 27.2 Å². The molecule has 0 saturated carbocycles. The molecule has 0 rings (SSSR count). The van der Waals surface area contributed by atoms with Crippen LogP contribution in [0.3, 0.4) is 0 Å². The quantitative estimate of drug-likeness (QED) is 0.653. The smallest absolute Gasteiger partial charge is 0.314 e. The minimum absolute atomic E-state index is 0.0607. The van der Waals surface area contributed by atoms with E-state index in [-0.39, 0.29) is 12.1 Å². The summed E-state index contributed by atoms with van der Waals surface area (Å²) >= 11 is 0. The largest absolute Gasteiger partial charge is 0.338 e. The molecule has 6 nitrogen and oxygen atoms in total. The minimum Gasteiger partial charge on any atom is -0.338 e. The lowest BCUT2D eigenvalue weighted by atomic mass is 10.3. The van der Waals surface area contributed by atoms with Gasteiger partial charge in [0.2, 0.25) is 10.0 Å². The predicted molar refractivity (Wildman–Crippen MR) is 68.4 cm³/mol. The van der Waals surface area contributed by atoms with Gasteiger partial charge in [0.15, 0.2) is 0 Å². The number of hydrogen-bond donors (Lipinski definition) is 2. The van der Waals surface area contributed by atoms with E-state index in [0.717, 1.165) is 0 Å². The molecule has 0 aliphatic heterocycles. The lowest BCUT2D eigenvalue weighted by Crippen LogP contribution is -2.40. The zero-order valence-electron chi connectivity index (χ0n) is 11.0. The number of hydrogen-bond acceptors (Lipinski definition) is 3. The van der Waals surface area contributed by atoms with Crippen LogP contribution in [0.4, 0.5) is 4.79 Å². The maximum Gasteiger partial charge on any atom is 0.314 e. The second-order valence-electron chi connectivity index (χ2n) is 4.11. The number of urea groups is 1. The van der Waals surface area contributed by atoms with Gasteiger partial charge in [0, 0.05) is 25.7 Å². The van der Waals surface area contributed by atoms with E-state index in [1.54, 1.807) is 0 Å². The normalized spacial score (nSPS) is 11.9. The summed E-state index contributed by atoms with van der Waals surface area (Å²) in [5, 5.41) is 5.26. The van der Waals surface area contributed by atoms with E-state index in [4.69, 9.17) is 0 Å². The molecular formula is C10H23N3O3S. The summed E-state index contributed by atoms with van der Waals surface area (Å²) in [6.45, 7) is 6.96. The minimum atomic E-state index is -3.17. The van der Waals surface area contributed by atoms with E-state index < -0.39 is 10.0 Å². The average molecular weight is 265 g/mol. The first-order chi connectivity index (χ1) is 7.79. The molecule has 102 valence electrons. The summed E-state index contributed by atoms with van der Waals surface area (Å²) in [7, 11) is -3.17. The van der Waals surface area contributed by atoms with Crippen molar-refractivity contribution in [3.05, 3.63) is 0 Å². The molecule has 0 fully saturated rings. The number of nitrogens with one attached hydrogen (secondary N) is 2. The molecule has 17 heavy (non-hydrogen) atoms. The number of nitrogens with zero attached hydrogens (tertiary/aromatic N) is 1. The average Bonchev–Trinajstić information content (AvgIpc) is 2.14. The number of sulfonamides is 1. The molecule has 0 aromatic heterocycles. The second kappa shape index (κ2) is 7.50. The van der Waals surface area contributed by atoms with E-state index in [0.29, 0.717) is 26.1 Å². The van der Waals surface area contributed by atoms with E-state index >= 15 is 0 Å². The Morgan fingerprint density at radius 3 is 2.29 bits per heavy atom. The maximum atomic E-state index is 11.4. The third-order valence-electron chi connectivity index (χ3n) is 2.18. The van der Waals surface area contributed by atoms with Gasteiger partial charge in [0.25, 0.3) is 0 Å². The summed E-state index contributed by atoms with van der Waals surface area (Å²) in [4.78, 5) is 11.1. The molecule has 0 aromatic carbocycles. The number of rotatable bonds is 7. The summed E-state index contributed by atoms with van der Waals surface area (Å²) in [5.74, 6) is 0. The first kappa shape index (κ1) is 16.2. The molecule has 0 aliphatic rings. The van der Waals surface area contributed by atoms with Crippen molar-refractivity contribution in [1.82, 2.24) is 14.9 Å². The van der Waals surface area contributed by atoms with Gasteiger partial charge in [-0.2, -0.15) is 4.31 Å². The highest BCUT2D eigenvalue weighted by Gasteiger charge is 2.19. The third-order valence-corrected chi connectivity index (χ3v) is 3.64. The fourth-order valence-corrected chi connectivity index (χ4v) is 2.69. The zero-order chi connectivity index (χ0) is 13.5. The Bertz CT molecular complexity index is 328. The van der Waals surface area contributed by atoms with Crippen molar-refractivity contribution < 1.29 is 13.2 Å². The summed E-state index contributed by atoms with van der Waals surface area (Å²) in [5.41, 5.74) is 0. The van der Waals surface area contributed by atoms with Crippen LogP contribution in [-0.4, -0.2) is 50.7 Å². The highest BCUT2D eigenvalue weighted by molar-refractivity contribution is 7.88. The lowest BCUT2D eigenvalue weighted by Gasteiger charge is -2.23. The van der Waals surface area contributed by atoms with E-state index in [9.17, 15) is 13.2 Å². The van der Waals surface area contributed by atoms with Crippen molar-refractivity contribution in [3.63, 3.8) is 0 Å². The van der Waals surface area contributed by atoms with Crippen molar-refractivity contribution in [3.8, 4) is 0 Å². The van der Waals surface area contributed by atoms with E-state index in [2.05, 4.69) is 10.6 Å². The Morgan fingerprint density at radius 2 is 1.88 bits per heavy atom. The van der Waals surface area contributed by atoms with Crippen molar-refractivity contribution in [2.24, 2.45) is 0 Å². The molecule has 0 unspecified atom stereocenters. The number of amides is 2. The molecule has 0 atom stereocenters. The highest BCUT2D eigenvalue weighted by Crippen LogP contribution is 2.05. The van der Waals surface area contributed by atoms with Crippen LogP contribution in [0.1, 0.15) is 27.2 Å². The Hall–Kier alpha value is -0.820. The van der Waals surface area contributed by atoms with Gasteiger partial charge in [-0.3, -0.25) is 0 Å². The summed E-state index contributed by atoms with van der Waals surface area (Å²) < 4.78 is 24.3. The van der Waals surface area contributed by atoms with Crippen LogP contribution in [0, 0.1) is 0 Å². The van der Waals surface area contributed by atoms with Crippen molar-refractivity contribution in [1.29, 1.82) is 0 Å². The molecule has 7 heteroatoms. The van der Waals surface area contributed by atoms with Crippen molar-refractivity contribution >= 4 is 16.1 Å². The van der Waals surface area contributed by atoms with Crippen LogP contribution in [-0.2, 0) is 10.0 Å². The van der Waals surface area contributed by atoms with Gasteiger partial charge in [0.1, 0.15) is 0 Å². The monoisotopic (exact) mass is 265 g/mol. The molecule has 0 aromatic rings. The lowest BCUT2D eigenvalue weighted by molar-refractivity contribution is 0.241. The molecule has 0 radical (unpaired) electrons. The number of carbonyl (C=O) groups is 1. The molecule has 2 amide bonds. The number of carbonyl (C=O) groups excluding carboxylic acids is 1. The molecule has 0 heterocycles. The van der Waals surface area contributed by atoms with Crippen LogP contribution in [0.25, 0.3) is 0 Å². The first-order valence-corrected chi connectivity index (χ1v) is 7.62. The Kier molecular flexibility index (Phi) is 7.13. The zero-order valence-corrected chi connectivity index (χ0v) is 11.8. The van der Waals surface area contributed by atoms with Gasteiger partial charge in [0.05, 0.1) is 6.26 Å². The molecule has 0 aliphatic carbocycles. The standard InChI is InChI=1S/C10H23N3O3S/c1-5-11-10(14)12-7-6-8-13(9(2)3)17(4,15)16/h9H,5-8H2,1-4H3,(H2,11,12,14). The summed E-state index contributed by atoms with van der Waals surface area (Å²) in [6.07, 6.45) is 1.80. The van der Waals surface area contributed by atoms with Crippen molar-refractivity contribution in [2.45, 2.75) is 33.2 Å². The molecule has 0 spiro atoms. The molecular weight excluding hydrogens is 242 g/mol. The maximum absolute atomic E-state index is 11.4. The third kappa shape index (κ3) is 7.17. The molecule has 0 bridgehead atoms. The summed E-state index contributed by atoms with van der Waals surface area (Å²) in [6, 6.07) is -0.280. The Balaban J connectivity index is 3.97. The van der Waals surface area contributed by atoms with E-state index in [1.165, 1.54) is 10.6 Å². The SMILES string of the molecule is CCNC(=O)NCCCN(C(C)C)S(C)(=O)=O. The highest BCUT2D eigenvalue weighted by atomic mass is 32.2. The van der Waals surface area contributed by atoms with Crippen molar-refractivity contribution in [2.75, 3.05) is 25.9 Å². The molecule has 2 N–H and O–H groups in total. The van der Waals surface area contributed by atoms with Crippen LogP contribution in [0.15, 0.2) is 0 Å². The van der Waals surface area contributed by atoms with Gasteiger partial charge in [-0.15, -0.1) is 0 Å². The van der Waals surface area contributed by atoms with Crippen LogP contribution < -0.4 is 10.6 Å². The predicted octanol–water partition coefficient (Wildman–Crippen LogP) is 0.366. The van der Waals surface area contributed by atoms with Gasteiger partial charge in [-0.1, -0.05) is 0 Å². The second-order valence-corrected chi connectivity index (χ2v) is 6.04. The van der Waals surface area contributed by atoms with E-state index in [1.807, 2.05) is 20.8 Å². The topological polar surface area (TPSA) is 78.5 Å². The molecule has 0 saturated heterocycles. The fourth-order valence-electron chi connectivity index (χ4n) is 1.47. The van der Waals surface area contributed by atoms with Gasteiger partial charge >= 0.3 is 6.03 Å². The van der Waals surface area contributed by atoms with Crippen LogP contribution in [0.2, 0.25) is 0 Å². The van der Waals surface area contributed by atoms with Crippen LogP contribution >= 0.6 is 0 Å². The Labute approximate surface area is 104 Å². The van der Waals surface area contributed by atoms with Gasteiger partial charge < -0.3 is 10.6 Å². The Morgan fingerprint density at radius 1 is 1.29 bits per heavy atom.